The Morgan fingerprint density at radius 3 is 2.89 bits per heavy atom. The molecule has 1 aromatic carbocycles. The molecule has 18 heavy (non-hydrogen) atoms. The average Bonchev–Trinajstić information content (AvgIpc) is 2.90. The molecule has 1 aromatic heterocycles. The van der Waals surface area contributed by atoms with Gasteiger partial charge in [-0.3, -0.25) is 5.10 Å². The first-order valence-electron chi connectivity index (χ1n) is 5.53. The quantitative estimate of drug-likeness (QED) is 0.623. The maximum atomic E-state index is 9.61. The van der Waals surface area contributed by atoms with Crippen molar-refractivity contribution in [3.8, 4) is 11.8 Å². The summed E-state index contributed by atoms with van der Waals surface area (Å²) in [5, 5.41) is 16.1. The van der Waals surface area contributed by atoms with Gasteiger partial charge in [0.15, 0.2) is 6.29 Å². The number of aromatic amines is 1. The second-order valence-corrected chi connectivity index (χ2v) is 3.90. The molecule has 1 atom stereocenters. The number of methoxy groups -OCH3 is 1. The number of aliphatic hydroxyl groups is 1. The summed E-state index contributed by atoms with van der Waals surface area (Å²) in [6.45, 7) is 1.97. The number of nitrogens with one attached hydrogen (secondary N) is 1. The second-order valence-electron chi connectivity index (χ2n) is 3.90. The van der Waals surface area contributed by atoms with Gasteiger partial charge in [-0.05, 0) is 18.6 Å². The molecule has 4 nitrogen and oxygen atoms in total. The normalized spacial score (nSPS) is 11.7. The number of benzene rings is 1. The molecule has 0 spiro atoms. The van der Waals surface area contributed by atoms with E-state index in [1.165, 1.54) is 7.11 Å². The summed E-state index contributed by atoms with van der Waals surface area (Å²) in [7, 11) is 1.46. The van der Waals surface area contributed by atoms with E-state index in [-0.39, 0.29) is 0 Å². The summed E-state index contributed by atoms with van der Waals surface area (Å²) < 4.78 is 4.87. The highest BCUT2D eigenvalue weighted by Crippen LogP contribution is 2.17. The molecule has 2 N–H and O–H groups in total. The number of aromatic nitrogens is 2. The largest absolute Gasteiger partial charge is 0.364 e. The zero-order chi connectivity index (χ0) is 13.0. The zero-order valence-electron chi connectivity index (χ0n) is 10.3. The monoisotopic (exact) mass is 242 g/mol. The maximum Gasteiger partial charge on any atom is 0.180 e. The zero-order valence-corrected chi connectivity index (χ0v) is 10.3. The Morgan fingerprint density at radius 1 is 1.39 bits per heavy atom. The van der Waals surface area contributed by atoms with Crippen LogP contribution in [0.4, 0.5) is 0 Å². The van der Waals surface area contributed by atoms with Gasteiger partial charge in [0.05, 0.1) is 11.8 Å². The topological polar surface area (TPSA) is 58.1 Å². The molecule has 1 heterocycles. The fraction of sp³-hybridized carbons (Fsp3) is 0.214. The fourth-order valence-corrected chi connectivity index (χ4v) is 1.52. The third kappa shape index (κ3) is 2.77. The average molecular weight is 242 g/mol. The summed E-state index contributed by atoms with van der Waals surface area (Å²) in [5.74, 6) is 6.06. The Morgan fingerprint density at radius 2 is 2.22 bits per heavy atom. The van der Waals surface area contributed by atoms with Gasteiger partial charge < -0.3 is 9.84 Å². The third-order valence-electron chi connectivity index (χ3n) is 2.61. The van der Waals surface area contributed by atoms with Crippen molar-refractivity contribution in [2.75, 3.05) is 7.11 Å². The van der Waals surface area contributed by atoms with Crippen LogP contribution in [0.3, 0.4) is 0 Å². The van der Waals surface area contributed by atoms with E-state index >= 15 is 0 Å². The predicted octanol–water partition coefficient (Wildman–Crippen LogP) is 1.76. The summed E-state index contributed by atoms with van der Waals surface area (Å²) >= 11 is 0. The summed E-state index contributed by atoms with van der Waals surface area (Å²) in [4.78, 5) is 0. The van der Waals surface area contributed by atoms with Crippen molar-refractivity contribution in [3.63, 3.8) is 0 Å². The van der Waals surface area contributed by atoms with Crippen LogP contribution >= 0.6 is 0 Å². The number of ether oxygens (including phenoxy) is 1. The predicted molar refractivity (Wildman–Crippen MR) is 67.7 cm³/mol. The van der Waals surface area contributed by atoms with Crippen LogP contribution in [0.2, 0.25) is 0 Å². The van der Waals surface area contributed by atoms with Crippen LogP contribution in [-0.2, 0) is 4.74 Å². The molecular formula is C14H14N2O2. The Kier molecular flexibility index (Phi) is 3.78. The van der Waals surface area contributed by atoms with Gasteiger partial charge in [0, 0.05) is 24.4 Å². The van der Waals surface area contributed by atoms with Crippen LogP contribution in [0.15, 0.2) is 30.6 Å². The van der Waals surface area contributed by atoms with Crippen molar-refractivity contribution < 1.29 is 9.84 Å². The molecule has 0 radical (unpaired) electrons. The van der Waals surface area contributed by atoms with Crippen LogP contribution in [-0.4, -0.2) is 22.4 Å². The lowest BCUT2D eigenvalue weighted by Crippen LogP contribution is -2.00. The highest BCUT2D eigenvalue weighted by Gasteiger charge is 2.06. The summed E-state index contributed by atoms with van der Waals surface area (Å²) in [5.41, 5.74) is 3.44. The molecule has 92 valence electrons. The van der Waals surface area contributed by atoms with Crippen molar-refractivity contribution in [3.05, 3.63) is 52.8 Å². The van der Waals surface area contributed by atoms with E-state index in [4.69, 9.17) is 4.74 Å². The van der Waals surface area contributed by atoms with Gasteiger partial charge in [-0.25, -0.2) is 0 Å². The van der Waals surface area contributed by atoms with Gasteiger partial charge in [-0.2, -0.15) is 5.10 Å². The van der Waals surface area contributed by atoms with Crippen molar-refractivity contribution in [2.24, 2.45) is 0 Å². The Hall–Kier alpha value is -2.09. The highest BCUT2D eigenvalue weighted by atomic mass is 16.6. The standard InChI is InChI=1S/C14H14N2O2/c1-10-3-5-13(14(17)18-2)7-12(10)6-4-11-8-15-16-9-11/h3,5,7-9,14,17H,1-2H3,(H,15,16). The number of nitrogens with zero attached hydrogens (tertiary/aromatic N) is 1. The SMILES string of the molecule is COC(O)c1ccc(C)c(C#Cc2cn[nH]c2)c1. The molecule has 2 aromatic rings. The molecule has 0 aliphatic rings. The van der Waals surface area contributed by atoms with Crippen LogP contribution < -0.4 is 0 Å². The van der Waals surface area contributed by atoms with Crippen molar-refractivity contribution in [2.45, 2.75) is 13.2 Å². The van der Waals surface area contributed by atoms with Gasteiger partial charge in [-0.15, -0.1) is 0 Å². The molecule has 0 aliphatic carbocycles. The lowest BCUT2D eigenvalue weighted by molar-refractivity contribution is -0.0769. The first kappa shape index (κ1) is 12.4. The Bertz CT molecular complexity index is 580. The van der Waals surface area contributed by atoms with Gasteiger partial charge >= 0.3 is 0 Å². The summed E-state index contributed by atoms with van der Waals surface area (Å²) in [6.07, 6.45) is 2.48. The van der Waals surface area contributed by atoms with Crippen LogP contribution in [0.25, 0.3) is 0 Å². The first-order chi connectivity index (χ1) is 8.70. The number of H-pyrrole nitrogens is 1. The molecular weight excluding hydrogens is 228 g/mol. The number of aryl methyl sites for hydroxylation is 1. The molecule has 0 bridgehead atoms. The number of aliphatic hydroxyl groups excluding tert-OH is 1. The molecule has 0 fully saturated rings. The van der Waals surface area contributed by atoms with E-state index in [1.54, 1.807) is 12.4 Å². The minimum absolute atomic E-state index is 0.694. The van der Waals surface area contributed by atoms with Gasteiger partial charge in [0.25, 0.3) is 0 Å². The van der Waals surface area contributed by atoms with Crippen molar-refractivity contribution in [1.82, 2.24) is 10.2 Å². The number of rotatable bonds is 2. The van der Waals surface area contributed by atoms with Crippen LogP contribution in [0.1, 0.15) is 28.5 Å². The minimum atomic E-state index is -0.917. The van der Waals surface area contributed by atoms with Crippen LogP contribution in [0.5, 0.6) is 0 Å². The lowest BCUT2D eigenvalue weighted by atomic mass is 10.0. The minimum Gasteiger partial charge on any atom is -0.364 e. The van der Waals surface area contributed by atoms with E-state index in [2.05, 4.69) is 22.0 Å². The first-order valence-corrected chi connectivity index (χ1v) is 5.53. The molecule has 2 rings (SSSR count). The van der Waals surface area contributed by atoms with E-state index in [9.17, 15) is 5.11 Å². The van der Waals surface area contributed by atoms with E-state index < -0.39 is 6.29 Å². The lowest BCUT2D eigenvalue weighted by Gasteiger charge is -2.09. The summed E-state index contributed by atoms with van der Waals surface area (Å²) in [6, 6.07) is 5.57. The molecule has 0 amide bonds. The maximum absolute atomic E-state index is 9.61. The van der Waals surface area contributed by atoms with E-state index in [0.29, 0.717) is 5.56 Å². The Balaban J connectivity index is 2.32. The molecule has 0 saturated heterocycles. The van der Waals surface area contributed by atoms with Crippen molar-refractivity contribution in [1.29, 1.82) is 0 Å². The number of hydrogen-bond donors (Lipinski definition) is 2. The van der Waals surface area contributed by atoms with E-state index in [0.717, 1.165) is 16.7 Å². The second kappa shape index (κ2) is 5.50. The number of hydrogen-bond acceptors (Lipinski definition) is 3. The molecule has 0 saturated carbocycles. The van der Waals surface area contributed by atoms with Crippen molar-refractivity contribution >= 4 is 0 Å². The Labute approximate surface area is 106 Å². The third-order valence-corrected chi connectivity index (χ3v) is 2.61. The molecule has 4 heteroatoms. The fourth-order valence-electron chi connectivity index (χ4n) is 1.52. The smallest absolute Gasteiger partial charge is 0.180 e. The molecule has 0 aliphatic heterocycles. The highest BCUT2D eigenvalue weighted by molar-refractivity contribution is 5.46. The van der Waals surface area contributed by atoms with Gasteiger partial charge in [0.2, 0.25) is 0 Å². The van der Waals surface area contributed by atoms with Gasteiger partial charge in [0.1, 0.15) is 0 Å². The van der Waals surface area contributed by atoms with Crippen LogP contribution in [0, 0.1) is 18.8 Å². The van der Waals surface area contributed by atoms with Gasteiger partial charge in [-0.1, -0.05) is 24.0 Å². The molecule has 1 unspecified atom stereocenters. The van der Waals surface area contributed by atoms with E-state index in [1.807, 2.05) is 25.1 Å².